The van der Waals surface area contributed by atoms with E-state index < -0.39 is 0 Å². The van der Waals surface area contributed by atoms with Gasteiger partial charge in [0.25, 0.3) is 0 Å². The molecule has 54 valence electrons. The zero-order chi connectivity index (χ0) is 7.14. The van der Waals surface area contributed by atoms with E-state index in [4.69, 9.17) is 4.74 Å². The first-order valence-corrected chi connectivity index (χ1v) is 5.22. The fourth-order valence-corrected chi connectivity index (χ4v) is 4.08. The van der Waals surface area contributed by atoms with Crippen LogP contribution < -0.4 is 0 Å². The van der Waals surface area contributed by atoms with Crippen LogP contribution in [0.15, 0.2) is 7.57 Å². The third-order valence-corrected chi connectivity index (χ3v) is 4.29. The van der Waals surface area contributed by atoms with Crippen LogP contribution in [-0.4, -0.2) is 0 Å². The Kier molecular flexibility index (Phi) is 1.88. The molecule has 2 heterocycles. The van der Waals surface area contributed by atoms with E-state index in [9.17, 15) is 0 Å². The van der Waals surface area contributed by atoms with E-state index in [1.54, 1.807) is 11.3 Å². The van der Waals surface area contributed by atoms with Gasteiger partial charge in [-0.15, -0.1) is 11.3 Å². The summed E-state index contributed by atoms with van der Waals surface area (Å²) in [4.78, 5) is 0. The molecule has 0 radical (unpaired) electrons. The van der Waals surface area contributed by atoms with Crippen LogP contribution in [0.2, 0.25) is 0 Å². The van der Waals surface area contributed by atoms with Crippen molar-refractivity contribution in [2.45, 2.75) is 13.2 Å². The molecular weight excluding hydrogens is 280 g/mol. The molecule has 10 heavy (non-hydrogen) atoms. The number of rotatable bonds is 0. The van der Waals surface area contributed by atoms with Crippen LogP contribution in [0.5, 0.6) is 0 Å². The lowest BCUT2D eigenvalue weighted by Gasteiger charge is -1.87. The van der Waals surface area contributed by atoms with Gasteiger partial charge in [-0.1, -0.05) is 0 Å². The smallest absolute Gasteiger partial charge is 0.0769 e. The summed E-state index contributed by atoms with van der Waals surface area (Å²) < 4.78 is 7.66. The average Bonchev–Trinajstić information content (AvgIpc) is 2.39. The molecule has 1 aliphatic heterocycles. The van der Waals surface area contributed by atoms with Crippen molar-refractivity contribution in [2.75, 3.05) is 0 Å². The minimum atomic E-state index is 0.762. The fraction of sp³-hybridized carbons (Fsp3) is 0.333. The first kappa shape index (κ1) is 7.28. The Labute approximate surface area is 79.6 Å². The number of hydrogen-bond donors (Lipinski definition) is 0. The Morgan fingerprint density at radius 2 is 1.60 bits per heavy atom. The fourth-order valence-electron chi connectivity index (χ4n) is 0.982. The van der Waals surface area contributed by atoms with Crippen molar-refractivity contribution < 1.29 is 4.74 Å². The van der Waals surface area contributed by atoms with Gasteiger partial charge < -0.3 is 4.74 Å². The first-order chi connectivity index (χ1) is 4.79. The topological polar surface area (TPSA) is 9.23 Å². The summed E-state index contributed by atoms with van der Waals surface area (Å²) in [6.07, 6.45) is 0. The Balaban J connectivity index is 2.61. The van der Waals surface area contributed by atoms with Gasteiger partial charge in [-0.3, -0.25) is 0 Å². The lowest BCUT2D eigenvalue weighted by molar-refractivity contribution is 0.134. The Morgan fingerprint density at radius 3 is 2.10 bits per heavy atom. The minimum absolute atomic E-state index is 0.762. The number of ether oxygens (including phenoxy) is 1. The molecule has 0 saturated carbocycles. The molecule has 0 bridgehead atoms. The number of halogens is 2. The molecule has 0 saturated heterocycles. The van der Waals surface area contributed by atoms with Crippen LogP contribution in [0.4, 0.5) is 0 Å². The van der Waals surface area contributed by atoms with Gasteiger partial charge in [-0.2, -0.15) is 0 Å². The van der Waals surface area contributed by atoms with E-state index in [0.29, 0.717) is 0 Å². The molecule has 0 fully saturated rings. The van der Waals surface area contributed by atoms with Crippen LogP contribution >= 0.6 is 43.2 Å². The Bertz CT molecular complexity index is 244. The highest BCUT2D eigenvalue weighted by Gasteiger charge is 2.19. The predicted molar refractivity (Wildman–Crippen MR) is 48.2 cm³/mol. The summed E-state index contributed by atoms with van der Waals surface area (Å²) in [7, 11) is 0. The van der Waals surface area contributed by atoms with E-state index >= 15 is 0 Å². The standard InChI is InChI=1S/C6H4Br2OS/c7-5-3-1-9-2-4(3)6(8)10-5/h1-2H2. The van der Waals surface area contributed by atoms with Gasteiger partial charge in [0, 0.05) is 11.1 Å². The molecule has 0 atom stereocenters. The molecular formula is C6H4Br2OS. The molecule has 1 aromatic heterocycles. The number of thiophene rings is 1. The maximum Gasteiger partial charge on any atom is 0.0769 e. The van der Waals surface area contributed by atoms with Crippen molar-refractivity contribution in [1.82, 2.24) is 0 Å². The molecule has 0 spiro atoms. The second-order valence-electron chi connectivity index (χ2n) is 2.10. The first-order valence-electron chi connectivity index (χ1n) is 2.82. The molecule has 1 aliphatic rings. The second-order valence-corrected chi connectivity index (χ2v) is 5.76. The lowest BCUT2D eigenvalue weighted by atomic mass is 10.2. The highest BCUT2D eigenvalue weighted by molar-refractivity contribution is 9.12. The molecule has 0 unspecified atom stereocenters. The molecule has 1 nitrogen and oxygen atoms in total. The average molecular weight is 284 g/mol. The van der Waals surface area contributed by atoms with E-state index in [0.717, 1.165) is 13.2 Å². The van der Waals surface area contributed by atoms with Crippen molar-refractivity contribution in [3.63, 3.8) is 0 Å². The van der Waals surface area contributed by atoms with Gasteiger partial charge in [0.05, 0.1) is 20.8 Å². The number of hydrogen-bond acceptors (Lipinski definition) is 2. The third-order valence-electron chi connectivity index (χ3n) is 1.51. The van der Waals surface area contributed by atoms with Crippen LogP contribution in [0.1, 0.15) is 11.1 Å². The second kappa shape index (κ2) is 2.59. The summed E-state index contributed by atoms with van der Waals surface area (Å²) >= 11 is 8.68. The van der Waals surface area contributed by atoms with Gasteiger partial charge in [-0.25, -0.2) is 0 Å². The van der Waals surface area contributed by atoms with Crippen molar-refractivity contribution in [1.29, 1.82) is 0 Å². The monoisotopic (exact) mass is 282 g/mol. The van der Waals surface area contributed by atoms with Gasteiger partial charge in [0.2, 0.25) is 0 Å². The van der Waals surface area contributed by atoms with Crippen LogP contribution in [0.3, 0.4) is 0 Å². The van der Waals surface area contributed by atoms with E-state index in [1.807, 2.05) is 0 Å². The molecule has 1 aromatic rings. The SMILES string of the molecule is Brc1sc(Br)c2c1COC2. The van der Waals surface area contributed by atoms with Crippen molar-refractivity contribution >= 4 is 43.2 Å². The van der Waals surface area contributed by atoms with E-state index in [2.05, 4.69) is 31.9 Å². The third kappa shape index (κ3) is 0.978. The van der Waals surface area contributed by atoms with E-state index in [-0.39, 0.29) is 0 Å². The van der Waals surface area contributed by atoms with Crippen molar-refractivity contribution in [3.05, 3.63) is 18.7 Å². The van der Waals surface area contributed by atoms with Crippen LogP contribution in [0.25, 0.3) is 0 Å². The van der Waals surface area contributed by atoms with Crippen LogP contribution in [0, 0.1) is 0 Å². The maximum atomic E-state index is 5.26. The lowest BCUT2D eigenvalue weighted by Crippen LogP contribution is -1.74. The quantitative estimate of drug-likeness (QED) is 0.710. The van der Waals surface area contributed by atoms with Gasteiger partial charge in [0.1, 0.15) is 0 Å². The summed E-state index contributed by atoms with van der Waals surface area (Å²) in [5.41, 5.74) is 2.63. The zero-order valence-corrected chi connectivity index (χ0v) is 8.98. The largest absolute Gasteiger partial charge is 0.372 e. The summed E-state index contributed by atoms with van der Waals surface area (Å²) in [6, 6.07) is 0. The Hall–Kier alpha value is 0.620. The highest BCUT2D eigenvalue weighted by atomic mass is 79.9. The minimum Gasteiger partial charge on any atom is -0.372 e. The van der Waals surface area contributed by atoms with Crippen molar-refractivity contribution in [3.8, 4) is 0 Å². The zero-order valence-electron chi connectivity index (χ0n) is 4.99. The summed E-state index contributed by atoms with van der Waals surface area (Å²) in [5.74, 6) is 0. The molecule has 2 rings (SSSR count). The molecule has 4 heteroatoms. The van der Waals surface area contributed by atoms with Crippen LogP contribution in [-0.2, 0) is 18.0 Å². The molecule has 0 aromatic carbocycles. The molecule has 0 aliphatic carbocycles. The maximum absolute atomic E-state index is 5.26. The summed E-state index contributed by atoms with van der Waals surface area (Å²) in [5, 5.41) is 0. The van der Waals surface area contributed by atoms with Crippen molar-refractivity contribution in [2.24, 2.45) is 0 Å². The van der Waals surface area contributed by atoms with E-state index in [1.165, 1.54) is 18.7 Å². The van der Waals surface area contributed by atoms with Gasteiger partial charge in [0.15, 0.2) is 0 Å². The van der Waals surface area contributed by atoms with Gasteiger partial charge >= 0.3 is 0 Å². The summed E-state index contributed by atoms with van der Waals surface area (Å²) in [6.45, 7) is 1.52. The normalized spacial score (nSPS) is 15.8. The Morgan fingerprint density at radius 1 is 1.10 bits per heavy atom. The predicted octanol–water partition coefficient (Wildman–Crippen LogP) is 3.30. The molecule has 0 N–H and O–H groups in total. The van der Waals surface area contributed by atoms with Gasteiger partial charge in [-0.05, 0) is 31.9 Å². The molecule has 0 amide bonds. The highest BCUT2D eigenvalue weighted by Crippen LogP contribution is 2.40. The number of fused-ring (bicyclic) bond motifs is 1.